The topological polar surface area (TPSA) is 91.0 Å². The summed E-state index contributed by atoms with van der Waals surface area (Å²) < 4.78 is 10.7. The van der Waals surface area contributed by atoms with Gasteiger partial charge in [-0.1, -0.05) is 25.4 Å². The molecule has 3 heterocycles. The van der Waals surface area contributed by atoms with Crippen LogP contribution in [0.3, 0.4) is 0 Å². The number of aromatic nitrogens is 2. The van der Waals surface area contributed by atoms with Crippen LogP contribution in [0.5, 0.6) is 11.5 Å². The van der Waals surface area contributed by atoms with Gasteiger partial charge in [0, 0.05) is 49.4 Å². The Kier molecular flexibility index (Phi) is 7.07. The van der Waals surface area contributed by atoms with Crippen LogP contribution in [0.1, 0.15) is 42.7 Å². The number of aromatic amines is 1. The number of amides is 3. The lowest BCUT2D eigenvalue weighted by molar-refractivity contribution is 0.0750. The first-order valence-electron chi connectivity index (χ1n) is 11.6. The Hall–Kier alpha value is -3.46. The third kappa shape index (κ3) is 4.36. The highest BCUT2D eigenvalue weighted by atomic mass is 35.5. The first-order chi connectivity index (χ1) is 16.8. The van der Waals surface area contributed by atoms with Crippen molar-refractivity contribution >= 4 is 45.9 Å². The molecule has 10 heteroatoms. The van der Waals surface area contributed by atoms with Gasteiger partial charge < -0.3 is 19.4 Å². The summed E-state index contributed by atoms with van der Waals surface area (Å²) in [6, 6.07) is 4.90. The molecule has 3 aromatic rings. The normalized spacial score (nSPS) is 13.3. The quantitative estimate of drug-likeness (QED) is 0.467. The SMILES string of the molecule is CCCN(CCC)C(=O)c1cc2c3c(cnc2[nH]1)CN(c1cc(OC)cc(OC)c1Cl)C(=O)N3C. The fourth-order valence-corrected chi connectivity index (χ4v) is 4.77. The van der Waals surface area contributed by atoms with E-state index in [1.165, 1.54) is 7.11 Å². The molecular weight excluding hydrogens is 470 g/mol. The summed E-state index contributed by atoms with van der Waals surface area (Å²) in [4.78, 5) is 39.3. The fraction of sp³-hybridized carbons (Fsp3) is 0.400. The van der Waals surface area contributed by atoms with Crippen LogP contribution in [0, 0.1) is 0 Å². The molecule has 0 saturated heterocycles. The molecule has 0 radical (unpaired) electrons. The molecule has 0 spiro atoms. The van der Waals surface area contributed by atoms with Crippen molar-refractivity contribution in [2.24, 2.45) is 0 Å². The van der Waals surface area contributed by atoms with Gasteiger partial charge in [-0.25, -0.2) is 9.78 Å². The van der Waals surface area contributed by atoms with Gasteiger partial charge in [0.25, 0.3) is 5.91 Å². The highest BCUT2D eigenvalue weighted by molar-refractivity contribution is 6.35. The smallest absolute Gasteiger partial charge is 0.329 e. The third-order valence-corrected chi connectivity index (χ3v) is 6.51. The number of ether oxygens (including phenoxy) is 2. The molecule has 3 amide bonds. The van der Waals surface area contributed by atoms with E-state index in [0.717, 1.165) is 29.5 Å². The Morgan fingerprint density at radius 1 is 1.17 bits per heavy atom. The summed E-state index contributed by atoms with van der Waals surface area (Å²) >= 11 is 6.57. The molecule has 4 rings (SSSR count). The number of H-pyrrole nitrogens is 1. The van der Waals surface area contributed by atoms with Crippen LogP contribution in [0.15, 0.2) is 24.4 Å². The fourth-order valence-electron chi connectivity index (χ4n) is 4.48. The lowest BCUT2D eigenvalue weighted by Gasteiger charge is -2.35. The second kappa shape index (κ2) is 10.0. The van der Waals surface area contributed by atoms with Crippen LogP contribution in [0.2, 0.25) is 5.02 Å². The Bertz CT molecular complexity index is 1270. The Labute approximate surface area is 209 Å². The second-order valence-corrected chi connectivity index (χ2v) is 8.84. The first-order valence-corrected chi connectivity index (χ1v) is 12.0. The summed E-state index contributed by atoms with van der Waals surface area (Å²) in [7, 11) is 4.75. The zero-order valence-electron chi connectivity index (χ0n) is 20.6. The van der Waals surface area contributed by atoms with Crippen molar-refractivity contribution in [2.45, 2.75) is 33.2 Å². The number of benzene rings is 1. The summed E-state index contributed by atoms with van der Waals surface area (Å²) in [5.41, 5.74) is 3.05. The summed E-state index contributed by atoms with van der Waals surface area (Å²) in [5, 5.41) is 1.04. The van der Waals surface area contributed by atoms with Gasteiger partial charge >= 0.3 is 6.03 Å². The van der Waals surface area contributed by atoms with Crippen LogP contribution < -0.4 is 19.3 Å². The molecular formula is C25H30ClN5O4. The average Bonchev–Trinajstić information content (AvgIpc) is 3.30. The van der Waals surface area contributed by atoms with E-state index in [9.17, 15) is 9.59 Å². The maximum absolute atomic E-state index is 13.5. The van der Waals surface area contributed by atoms with Gasteiger partial charge in [0.2, 0.25) is 0 Å². The van der Waals surface area contributed by atoms with Crippen LogP contribution in [-0.4, -0.2) is 61.2 Å². The number of methoxy groups -OCH3 is 2. The van der Waals surface area contributed by atoms with Gasteiger partial charge in [-0.15, -0.1) is 0 Å². The van der Waals surface area contributed by atoms with E-state index in [0.29, 0.717) is 46.6 Å². The molecule has 186 valence electrons. The van der Waals surface area contributed by atoms with E-state index in [-0.39, 0.29) is 18.5 Å². The number of nitrogens with one attached hydrogen (secondary N) is 1. The van der Waals surface area contributed by atoms with Crippen molar-refractivity contribution in [1.82, 2.24) is 14.9 Å². The van der Waals surface area contributed by atoms with Crippen molar-refractivity contribution in [2.75, 3.05) is 44.2 Å². The molecule has 2 aromatic heterocycles. The van der Waals surface area contributed by atoms with E-state index in [4.69, 9.17) is 21.1 Å². The van der Waals surface area contributed by atoms with Crippen LogP contribution in [0.25, 0.3) is 11.0 Å². The Balaban J connectivity index is 1.76. The molecule has 0 saturated carbocycles. The standard InChI is InChI=1S/C25H30ClN5O4/c1-6-8-30(9-7-2)24(32)18-12-17-22-15(13-27-23(17)28-18)14-31(25(33)29(22)3)19-10-16(34-4)11-20(35-5)21(19)26/h10-13H,6-9,14H2,1-5H3,(H,27,28). The zero-order valence-corrected chi connectivity index (χ0v) is 21.4. The molecule has 1 aliphatic heterocycles. The maximum Gasteiger partial charge on any atom is 0.329 e. The molecule has 0 bridgehead atoms. The predicted molar refractivity (Wildman–Crippen MR) is 137 cm³/mol. The number of hydrogen-bond donors (Lipinski definition) is 1. The van der Waals surface area contributed by atoms with Gasteiger partial charge in [-0.3, -0.25) is 14.6 Å². The third-order valence-electron chi connectivity index (χ3n) is 6.13. The van der Waals surface area contributed by atoms with Crippen molar-refractivity contribution < 1.29 is 19.1 Å². The van der Waals surface area contributed by atoms with Crippen molar-refractivity contribution in [3.05, 3.63) is 40.7 Å². The van der Waals surface area contributed by atoms with Gasteiger partial charge in [0.05, 0.1) is 32.1 Å². The van der Waals surface area contributed by atoms with E-state index < -0.39 is 0 Å². The number of carbonyl (C=O) groups is 2. The molecule has 1 aliphatic rings. The Morgan fingerprint density at radius 2 is 1.89 bits per heavy atom. The number of hydrogen-bond acceptors (Lipinski definition) is 5. The number of pyridine rings is 1. The largest absolute Gasteiger partial charge is 0.497 e. The molecule has 0 fully saturated rings. The number of rotatable bonds is 8. The summed E-state index contributed by atoms with van der Waals surface area (Å²) in [6.07, 6.45) is 3.48. The van der Waals surface area contributed by atoms with Crippen molar-refractivity contribution in [3.8, 4) is 11.5 Å². The minimum Gasteiger partial charge on any atom is -0.497 e. The second-order valence-electron chi connectivity index (χ2n) is 8.46. The van der Waals surface area contributed by atoms with Crippen molar-refractivity contribution in [3.63, 3.8) is 0 Å². The van der Waals surface area contributed by atoms with Gasteiger partial charge in [-0.2, -0.15) is 0 Å². The molecule has 0 aliphatic carbocycles. The lowest BCUT2D eigenvalue weighted by Crippen LogP contribution is -2.45. The van der Waals surface area contributed by atoms with Gasteiger partial charge in [0.1, 0.15) is 27.9 Å². The number of nitrogens with zero attached hydrogens (tertiary/aromatic N) is 4. The predicted octanol–water partition coefficient (Wildman–Crippen LogP) is 5.07. The molecule has 0 unspecified atom stereocenters. The van der Waals surface area contributed by atoms with E-state index in [1.807, 2.05) is 4.90 Å². The molecule has 0 atom stereocenters. The molecule has 1 N–H and O–H groups in total. The summed E-state index contributed by atoms with van der Waals surface area (Å²) in [6.45, 7) is 5.73. The van der Waals surface area contributed by atoms with Gasteiger partial charge in [0.15, 0.2) is 0 Å². The van der Waals surface area contributed by atoms with Crippen LogP contribution in [0.4, 0.5) is 16.2 Å². The van der Waals surface area contributed by atoms with E-state index >= 15 is 0 Å². The minimum absolute atomic E-state index is 0.0675. The molecule has 9 nitrogen and oxygen atoms in total. The number of fused-ring (bicyclic) bond motifs is 3. The molecule has 1 aromatic carbocycles. The summed E-state index contributed by atoms with van der Waals surface area (Å²) in [5.74, 6) is 0.865. The number of carbonyl (C=O) groups excluding carboxylic acids is 2. The van der Waals surface area contributed by atoms with Gasteiger partial charge in [-0.05, 0) is 18.9 Å². The van der Waals surface area contributed by atoms with Crippen LogP contribution in [-0.2, 0) is 6.54 Å². The van der Waals surface area contributed by atoms with Crippen molar-refractivity contribution in [1.29, 1.82) is 0 Å². The van der Waals surface area contributed by atoms with Crippen LogP contribution >= 0.6 is 11.6 Å². The number of halogens is 1. The number of anilines is 2. The highest BCUT2D eigenvalue weighted by Gasteiger charge is 2.33. The first kappa shape index (κ1) is 24.7. The number of urea groups is 1. The maximum atomic E-state index is 13.5. The minimum atomic E-state index is -0.269. The Morgan fingerprint density at radius 3 is 2.51 bits per heavy atom. The zero-order chi connectivity index (χ0) is 25.3. The highest BCUT2D eigenvalue weighted by Crippen LogP contribution is 2.43. The molecule has 35 heavy (non-hydrogen) atoms. The van der Waals surface area contributed by atoms with E-state index in [2.05, 4.69) is 23.8 Å². The monoisotopic (exact) mass is 499 g/mol. The van der Waals surface area contributed by atoms with E-state index in [1.54, 1.807) is 48.4 Å². The lowest BCUT2D eigenvalue weighted by atomic mass is 10.1. The average molecular weight is 500 g/mol.